The van der Waals surface area contributed by atoms with Crippen LogP contribution in [0.15, 0.2) is 145 Å². The number of allylic oxidation sites excluding steroid dienone is 2. The van der Waals surface area contributed by atoms with Gasteiger partial charge in [-0.2, -0.15) is 13.2 Å². The van der Waals surface area contributed by atoms with E-state index in [9.17, 15) is 23.1 Å². The maximum absolute atomic E-state index is 14.7. The summed E-state index contributed by atoms with van der Waals surface area (Å²) in [5.41, 5.74) is 9.96. The molecule has 0 saturated carbocycles. The number of hydrogen-bond acceptors (Lipinski definition) is 3. The molecule has 7 aromatic rings. The van der Waals surface area contributed by atoms with Crippen LogP contribution in [0.25, 0.3) is 77.7 Å². The van der Waals surface area contributed by atoms with E-state index >= 15 is 0 Å². The second kappa shape index (κ2) is 20.0. The number of carbonyl (C=O) groups excluding carboxylic acids is 1. The van der Waals surface area contributed by atoms with Gasteiger partial charge in [0.05, 0.1) is 11.3 Å². The van der Waals surface area contributed by atoms with Crippen molar-refractivity contribution >= 4 is 16.6 Å². The maximum Gasteiger partial charge on any atom is 0.418 e. The van der Waals surface area contributed by atoms with Crippen LogP contribution in [-0.4, -0.2) is 15.9 Å². The fourth-order valence-corrected chi connectivity index (χ4v) is 8.86. The van der Waals surface area contributed by atoms with E-state index in [0.717, 1.165) is 92.7 Å². The summed E-state index contributed by atoms with van der Waals surface area (Å²) in [7, 11) is 0. The molecule has 1 radical (unpaired) electrons. The molecule has 1 aliphatic rings. The number of halogens is 3. The Kier molecular flexibility index (Phi) is 15.0. The number of pyridine rings is 1. The van der Waals surface area contributed by atoms with Gasteiger partial charge in [-0.05, 0) is 92.8 Å². The molecule has 6 aromatic carbocycles. The molecule has 8 rings (SSSR count). The van der Waals surface area contributed by atoms with Crippen molar-refractivity contribution in [1.29, 1.82) is 0 Å². The van der Waals surface area contributed by atoms with Crippen LogP contribution in [0.3, 0.4) is 0 Å². The molecule has 3 nitrogen and oxygen atoms in total. The fraction of sp³-hybridized carbons (Fsp3) is 0.263. The molecule has 0 aliphatic heterocycles. The number of aliphatic hydroxyl groups is 1. The third-order valence-electron chi connectivity index (χ3n) is 12.4. The van der Waals surface area contributed by atoms with Gasteiger partial charge in [-0.25, -0.2) is 0 Å². The summed E-state index contributed by atoms with van der Waals surface area (Å²) in [6, 6.07) is 45.4. The predicted octanol–water partition coefficient (Wildman–Crippen LogP) is 16.5. The van der Waals surface area contributed by atoms with Crippen LogP contribution in [0.4, 0.5) is 13.2 Å². The first-order valence-electron chi connectivity index (χ1n) is 22.1. The summed E-state index contributed by atoms with van der Waals surface area (Å²) >= 11 is 0. The van der Waals surface area contributed by atoms with Gasteiger partial charge in [-0.3, -0.25) is 9.78 Å². The predicted molar refractivity (Wildman–Crippen MR) is 254 cm³/mol. The second-order valence-corrected chi connectivity index (χ2v) is 17.4. The van der Waals surface area contributed by atoms with Crippen LogP contribution >= 0.6 is 0 Å². The summed E-state index contributed by atoms with van der Waals surface area (Å²) < 4.78 is 44.1. The van der Waals surface area contributed by atoms with Crippen molar-refractivity contribution in [1.82, 2.24) is 4.98 Å². The van der Waals surface area contributed by atoms with Gasteiger partial charge in [0.2, 0.25) is 0 Å². The number of fused-ring (bicyclic) bond motifs is 9. The van der Waals surface area contributed by atoms with Crippen molar-refractivity contribution in [3.05, 3.63) is 163 Å². The zero-order valence-corrected chi connectivity index (χ0v) is 39.9. The normalized spacial score (nSPS) is 12.2. The molecule has 1 aliphatic carbocycles. The molecule has 0 fully saturated rings. The number of rotatable bonds is 9. The summed E-state index contributed by atoms with van der Waals surface area (Å²) in [5, 5.41) is 11.7. The smallest absolute Gasteiger partial charge is 0.418 e. The summed E-state index contributed by atoms with van der Waals surface area (Å²) in [4.78, 5) is 16.1. The number of alkyl halides is 3. The van der Waals surface area contributed by atoms with Crippen LogP contribution in [-0.2, 0) is 36.5 Å². The van der Waals surface area contributed by atoms with Crippen molar-refractivity contribution in [3.8, 4) is 66.9 Å². The zero-order chi connectivity index (χ0) is 45.1. The number of carbonyl (C=O) groups is 1. The van der Waals surface area contributed by atoms with Gasteiger partial charge in [-0.1, -0.05) is 169 Å². The van der Waals surface area contributed by atoms with E-state index in [1.165, 1.54) is 6.08 Å². The molecule has 1 heterocycles. The van der Waals surface area contributed by atoms with Crippen LogP contribution in [0, 0.1) is 17.9 Å². The molecule has 0 atom stereocenters. The SMILES string of the molecule is CC(C)(C)c1cc(-c2cc(-c3ccc4c(c3)-c3ccccc3-c3ccccc3-c3ccccc3-4)c(C(F)(F)F)cn2)[c-]c2ccccc12.CCC(CC)C(=O)/C=C(\O)C(CC)CC.[Ir]. The average molecular weight is 1040 g/mol. The molecule has 1 aromatic heterocycles. The van der Waals surface area contributed by atoms with Gasteiger partial charge in [0.15, 0.2) is 5.78 Å². The Balaban J connectivity index is 0.000000367. The van der Waals surface area contributed by atoms with Gasteiger partial charge in [0.25, 0.3) is 0 Å². The van der Waals surface area contributed by atoms with E-state index in [1.807, 2.05) is 107 Å². The molecular weight excluding hydrogens is 980 g/mol. The first-order valence-corrected chi connectivity index (χ1v) is 22.1. The number of nitrogens with zero attached hydrogens (tertiary/aromatic N) is 1. The van der Waals surface area contributed by atoms with Crippen molar-refractivity contribution in [2.45, 2.75) is 85.7 Å². The summed E-state index contributed by atoms with van der Waals surface area (Å²) in [6.07, 6.45) is 1.28. The fourth-order valence-electron chi connectivity index (χ4n) is 8.86. The van der Waals surface area contributed by atoms with Crippen LogP contribution in [0.1, 0.15) is 85.3 Å². The van der Waals surface area contributed by atoms with E-state index in [4.69, 9.17) is 0 Å². The van der Waals surface area contributed by atoms with Crippen LogP contribution in [0.2, 0.25) is 0 Å². The van der Waals surface area contributed by atoms with E-state index in [-0.39, 0.29) is 54.5 Å². The number of ketones is 1. The van der Waals surface area contributed by atoms with E-state index in [0.29, 0.717) is 16.8 Å². The maximum atomic E-state index is 14.7. The van der Waals surface area contributed by atoms with E-state index in [2.05, 4.69) is 74.3 Å². The summed E-state index contributed by atoms with van der Waals surface area (Å²) in [5.74, 6) is 0.547. The largest absolute Gasteiger partial charge is 0.512 e. The van der Waals surface area contributed by atoms with Gasteiger partial charge < -0.3 is 5.11 Å². The van der Waals surface area contributed by atoms with Gasteiger partial charge in [0.1, 0.15) is 0 Å². The molecule has 0 unspecified atom stereocenters. The van der Waals surface area contributed by atoms with Crippen LogP contribution < -0.4 is 0 Å². The number of aromatic nitrogens is 1. The summed E-state index contributed by atoms with van der Waals surface area (Å²) in [6.45, 7) is 14.5. The molecule has 0 saturated heterocycles. The topological polar surface area (TPSA) is 50.2 Å². The van der Waals surface area contributed by atoms with E-state index < -0.39 is 11.7 Å². The Morgan fingerprint density at radius 3 is 1.56 bits per heavy atom. The first-order chi connectivity index (χ1) is 30.2. The average Bonchev–Trinajstić information content (AvgIpc) is 3.28. The number of aliphatic hydroxyl groups excluding tert-OH is 1. The Morgan fingerprint density at radius 1 is 0.609 bits per heavy atom. The van der Waals surface area contributed by atoms with Crippen molar-refractivity contribution < 1.29 is 43.2 Å². The van der Waals surface area contributed by atoms with Crippen molar-refractivity contribution in [3.63, 3.8) is 0 Å². The molecule has 7 heteroatoms. The Labute approximate surface area is 389 Å². The Bertz CT molecular complexity index is 2800. The van der Waals surface area contributed by atoms with Crippen LogP contribution in [0.5, 0.6) is 0 Å². The molecule has 0 amide bonds. The van der Waals surface area contributed by atoms with Crippen molar-refractivity contribution in [2.24, 2.45) is 11.8 Å². The van der Waals surface area contributed by atoms with Crippen molar-refractivity contribution in [2.75, 3.05) is 0 Å². The number of hydrogen-bond donors (Lipinski definition) is 1. The molecule has 64 heavy (non-hydrogen) atoms. The quantitative estimate of drug-likeness (QED) is 0.0890. The standard InChI is InChI=1S/C44H31F3N.C13H24O2.Ir/c1-43(2,3)40-24-29(22-27-12-4-5-13-30(27)40)42-25-38(41(26-48-42)44(45,46)47)28-20-21-37-35-18-9-8-16-33(35)31-14-6-7-15-32(31)34-17-10-11-19-36(34)39(37)23-28;1-5-10(6-2)12(14)9-13(15)11(7-3)8-4;/h4-21,23-26H,1-3H3;9-11,14H,5-8H2,1-4H3;/q-1;;/b;12-9-;. The minimum absolute atomic E-state index is 0. The molecule has 331 valence electrons. The Morgan fingerprint density at radius 2 is 1.08 bits per heavy atom. The minimum atomic E-state index is -4.60. The van der Waals surface area contributed by atoms with Gasteiger partial charge in [0, 0.05) is 49.9 Å². The van der Waals surface area contributed by atoms with E-state index in [1.54, 1.807) is 6.07 Å². The minimum Gasteiger partial charge on any atom is -0.512 e. The number of benzene rings is 6. The first kappa shape index (κ1) is 47.8. The molecule has 0 spiro atoms. The van der Waals surface area contributed by atoms with Gasteiger partial charge in [-0.15, -0.1) is 29.1 Å². The third kappa shape index (κ3) is 9.87. The molecule has 0 bridgehead atoms. The Hall–Kier alpha value is -5.62. The molecular formula is C57H55F3IrNO2-. The zero-order valence-electron chi connectivity index (χ0n) is 37.5. The second-order valence-electron chi connectivity index (χ2n) is 17.4. The molecule has 1 N–H and O–H groups in total. The third-order valence-corrected chi connectivity index (χ3v) is 12.4. The van der Waals surface area contributed by atoms with Gasteiger partial charge >= 0.3 is 6.18 Å². The monoisotopic (exact) mass is 1040 g/mol.